The molecule has 2 rings (SSSR count). The van der Waals surface area contributed by atoms with Crippen LogP contribution in [0.4, 0.5) is 0 Å². The smallest absolute Gasteiger partial charge is 0.132 e. The number of carbonyl (C=O) groups is 1. The van der Waals surface area contributed by atoms with Crippen LogP contribution in [0.25, 0.3) is 0 Å². The number of aliphatic hydroxyl groups is 1. The van der Waals surface area contributed by atoms with E-state index in [-0.39, 0.29) is 5.60 Å². The third-order valence-corrected chi connectivity index (χ3v) is 4.51. The lowest BCUT2D eigenvalue weighted by Crippen LogP contribution is -2.47. The second kappa shape index (κ2) is 5.31. The lowest BCUT2D eigenvalue weighted by Gasteiger charge is -2.46. The molecule has 16 heavy (non-hydrogen) atoms. The molecule has 0 aliphatic heterocycles. The van der Waals surface area contributed by atoms with Gasteiger partial charge >= 0.3 is 0 Å². The van der Waals surface area contributed by atoms with E-state index in [0.717, 1.165) is 64.2 Å². The molecule has 92 valence electrons. The van der Waals surface area contributed by atoms with Crippen LogP contribution >= 0.6 is 0 Å². The summed E-state index contributed by atoms with van der Waals surface area (Å²) in [5, 5.41) is 10.4. The second-order valence-electron chi connectivity index (χ2n) is 5.68. The van der Waals surface area contributed by atoms with Gasteiger partial charge in [0, 0.05) is 12.8 Å². The Bertz CT molecular complexity index is 249. The normalized spacial score (nSPS) is 37.8. The third kappa shape index (κ3) is 2.85. The minimum atomic E-state index is -0.330. The summed E-state index contributed by atoms with van der Waals surface area (Å²) >= 11 is 0. The van der Waals surface area contributed by atoms with Crippen LogP contribution in [0.15, 0.2) is 0 Å². The molecule has 2 saturated carbocycles. The molecule has 0 aromatic rings. The van der Waals surface area contributed by atoms with Gasteiger partial charge in [0.2, 0.25) is 0 Å². The average Bonchev–Trinajstić information content (AvgIpc) is 2.25. The number of Topliss-reactive ketones (excluding diaryl/α,β-unsaturated/α-hetero) is 1. The minimum absolute atomic E-state index is 0.330. The first-order valence-electron chi connectivity index (χ1n) is 6.95. The number of fused-ring (bicyclic) bond motifs is 1. The number of ketones is 1. The van der Waals surface area contributed by atoms with Crippen LogP contribution in [-0.2, 0) is 4.79 Å². The van der Waals surface area contributed by atoms with Gasteiger partial charge in [0.25, 0.3) is 0 Å². The van der Waals surface area contributed by atoms with Crippen LogP contribution in [-0.4, -0.2) is 16.5 Å². The van der Waals surface area contributed by atoms with Crippen molar-refractivity contribution in [3.05, 3.63) is 0 Å². The van der Waals surface area contributed by atoms with Gasteiger partial charge in [-0.2, -0.15) is 0 Å². The van der Waals surface area contributed by atoms with Gasteiger partial charge in [0.1, 0.15) is 5.78 Å². The average molecular weight is 224 g/mol. The summed E-state index contributed by atoms with van der Waals surface area (Å²) in [4.78, 5) is 11.5. The van der Waals surface area contributed by atoms with Gasteiger partial charge < -0.3 is 5.11 Å². The molecule has 0 aromatic heterocycles. The fraction of sp³-hybridized carbons (Fsp3) is 0.929. The molecule has 2 atom stereocenters. The first kappa shape index (κ1) is 12.1. The van der Waals surface area contributed by atoms with E-state index in [2.05, 4.69) is 0 Å². The second-order valence-corrected chi connectivity index (χ2v) is 5.68. The van der Waals surface area contributed by atoms with Gasteiger partial charge in [0.05, 0.1) is 5.60 Å². The fourth-order valence-corrected chi connectivity index (χ4v) is 3.19. The molecular formula is C14H24O2. The molecule has 0 radical (unpaired) electrons. The summed E-state index contributed by atoms with van der Waals surface area (Å²) in [6.07, 6.45) is 11.2. The summed E-state index contributed by atoms with van der Waals surface area (Å²) in [5.74, 6) is 0.978. The van der Waals surface area contributed by atoms with E-state index in [1.165, 1.54) is 6.42 Å². The van der Waals surface area contributed by atoms with E-state index >= 15 is 0 Å². The Kier molecular flexibility index (Phi) is 4.01. The number of hydrogen-bond donors (Lipinski definition) is 1. The maximum Gasteiger partial charge on any atom is 0.132 e. The van der Waals surface area contributed by atoms with E-state index in [1.807, 2.05) is 0 Å². The summed E-state index contributed by atoms with van der Waals surface area (Å²) < 4.78 is 0. The largest absolute Gasteiger partial charge is 0.390 e. The zero-order valence-electron chi connectivity index (χ0n) is 10.2. The van der Waals surface area contributed by atoms with Crippen molar-refractivity contribution in [1.29, 1.82) is 0 Å². The molecule has 2 fully saturated rings. The molecule has 2 nitrogen and oxygen atoms in total. The molecular weight excluding hydrogens is 200 g/mol. The highest BCUT2D eigenvalue weighted by Gasteiger charge is 2.43. The summed E-state index contributed by atoms with van der Waals surface area (Å²) in [6, 6.07) is 0. The fourth-order valence-electron chi connectivity index (χ4n) is 3.19. The molecule has 0 bridgehead atoms. The third-order valence-electron chi connectivity index (χ3n) is 4.51. The highest BCUT2D eigenvalue weighted by molar-refractivity contribution is 5.78. The van der Waals surface area contributed by atoms with Gasteiger partial charge in [-0.3, -0.25) is 4.79 Å². The molecule has 2 aliphatic carbocycles. The van der Waals surface area contributed by atoms with E-state index in [9.17, 15) is 9.90 Å². The SMILES string of the molecule is O=C1CCCCC[C@@]2(O)CC[C@H]2CCCC1. The maximum absolute atomic E-state index is 11.5. The Balaban J connectivity index is 1.84. The Morgan fingerprint density at radius 2 is 1.69 bits per heavy atom. The van der Waals surface area contributed by atoms with Crippen molar-refractivity contribution < 1.29 is 9.90 Å². The lowest BCUT2D eigenvalue weighted by molar-refractivity contribution is -0.120. The first-order chi connectivity index (χ1) is 7.71. The van der Waals surface area contributed by atoms with E-state index in [1.54, 1.807) is 0 Å². The van der Waals surface area contributed by atoms with Crippen molar-refractivity contribution in [3.8, 4) is 0 Å². The van der Waals surface area contributed by atoms with Gasteiger partial charge in [-0.1, -0.05) is 19.3 Å². The van der Waals surface area contributed by atoms with Crippen molar-refractivity contribution in [2.45, 2.75) is 76.2 Å². The van der Waals surface area contributed by atoms with Crippen LogP contribution < -0.4 is 0 Å². The number of carbonyl (C=O) groups excluding carboxylic acids is 1. The molecule has 1 N–H and O–H groups in total. The van der Waals surface area contributed by atoms with Crippen molar-refractivity contribution in [3.63, 3.8) is 0 Å². The number of rotatable bonds is 0. The van der Waals surface area contributed by atoms with Crippen LogP contribution in [0.5, 0.6) is 0 Å². The summed E-state index contributed by atoms with van der Waals surface area (Å²) in [6.45, 7) is 0. The zero-order valence-corrected chi connectivity index (χ0v) is 10.2. The maximum atomic E-state index is 11.5. The van der Waals surface area contributed by atoms with Crippen LogP contribution in [0.2, 0.25) is 0 Å². The molecule has 0 unspecified atom stereocenters. The molecule has 2 heteroatoms. The van der Waals surface area contributed by atoms with Crippen molar-refractivity contribution in [2.75, 3.05) is 0 Å². The van der Waals surface area contributed by atoms with Crippen molar-refractivity contribution in [1.82, 2.24) is 0 Å². The van der Waals surface area contributed by atoms with Crippen LogP contribution in [0.1, 0.15) is 70.6 Å². The standard InChI is InChI=1S/C14H24O2/c15-13-7-2-1-5-10-14(16)11-9-12(14)6-3-4-8-13/h12,16H,1-11H2/t12-,14-/m1/s1. The van der Waals surface area contributed by atoms with Crippen LogP contribution in [0.3, 0.4) is 0 Å². The molecule has 0 spiro atoms. The van der Waals surface area contributed by atoms with Gasteiger partial charge in [0.15, 0.2) is 0 Å². The molecule has 0 aromatic carbocycles. The van der Waals surface area contributed by atoms with E-state index in [0.29, 0.717) is 11.7 Å². The predicted octanol–water partition coefficient (Wildman–Crippen LogP) is 3.22. The quantitative estimate of drug-likeness (QED) is 0.686. The van der Waals surface area contributed by atoms with Gasteiger partial charge in [-0.25, -0.2) is 0 Å². The van der Waals surface area contributed by atoms with Crippen molar-refractivity contribution in [2.24, 2.45) is 5.92 Å². The first-order valence-corrected chi connectivity index (χ1v) is 6.95. The van der Waals surface area contributed by atoms with E-state index < -0.39 is 0 Å². The summed E-state index contributed by atoms with van der Waals surface area (Å²) in [5.41, 5.74) is -0.330. The van der Waals surface area contributed by atoms with Gasteiger partial charge in [-0.15, -0.1) is 0 Å². The van der Waals surface area contributed by atoms with E-state index in [4.69, 9.17) is 0 Å². The Morgan fingerprint density at radius 1 is 0.938 bits per heavy atom. The Labute approximate surface area is 98.4 Å². The van der Waals surface area contributed by atoms with Crippen molar-refractivity contribution >= 4 is 5.78 Å². The number of hydrogen-bond acceptors (Lipinski definition) is 2. The molecule has 0 amide bonds. The van der Waals surface area contributed by atoms with Gasteiger partial charge in [-0.05, 0) is 44.4 Å². The zero-order chi connectivity index (χ0) is 11.4. The van der Waals surface area contributed by atoms with Crippen LogP contribution in [0, 0.1) is 5.92 Å². The Morgan fingerprint density at radius 3 is 2.38 bits per heavy atom. The highest BCUT2D eigenvalue weighted by Crippen LogP contribution is 2.45. The molecule has 2 aliphatic rings. The topological polar surface area (TPSA) is 37.3 Å². The minimum Gasteiger partial charge on any atom is -0.390 e. The predicted molar refractivity (Wildman–Crippen MR) is 64.2 cm³/mol. The lowest BCUT2D eigenvalue weighted by atomic mass is 9.65. The summed E-state index contributed by atoms with van der Waals surface area (Å²) in [7, 11) is 0. The monoisotopic (exact) mass is 224 g/mol. The Hall–Kier alpha value is -0.370. The molecule has 0 heterocycles. The molecule has 0 saturated heterocycles. The highest BCUT2D eigenvalue weighted by atomic mass is 16.3.